The van der Waals surface area contributed by atoms with Crippen molar-refractivity contribution in [3.05, 3.63) is 14.9 Å². The van der Waals surface area contributed by atoms with Gasteiger partial charge in [-0.1, -0.05) is 11.6 Å². The molecule has 10 nitrogen and oxygen atoms in total. The number of anilines is 1. The number of rotatable bonds is 4. The van der Waals surface area contributed by atoms with E-state index < -0.39 is 29.4 Å². The van der Waals surface area contributed by atoms with Gasteiger partial charge in [0.2, 0.25) is 5.95 Å². The molecule has 0 aliphatic carbocycles. The Balaban J connectivity index is 2.62. The summed E-state index contributed by atoms with van der Waals surface area (Å²) in [6, 6.07) is 0. The van der Waals surface area contributed by atoms with Gasteiger partial charge in [0, 0.05) is 9.77 Å². The van der Waals surface area contributed by atoms with E-state index in [1.54, 1.807) is 54.7 Å². The van der Waals surface area contributed by atoms with Gasteiger partial charge in [0.25, 0.3) is 0 Å². The first-order chi connectivity index (χ1) is 14.6. The first kappa shape index (κ1) is 26.1. The molecule has 0 atom stereocenters. The minimum absolute atomic E-state index is 0.00544. The predicted octanol–water partition coefficient (Wildman–Crippen LogP) is 4.93. The Bertz CT molecular complexity index is 1010. The van der Waals surface area contributed by atoms with Crippen molar-refractivity contribution in [2.45, 2.75) is 66.2 Å². The molecule has 0 aliphatic heterocycles. The van der Waals surface area contributed by atoms with E-state index in [-0.39, 0.29) is 29.9 Å². The molecule has 176 valence electrons. The Labute approximate surface area is 204 Å². The van der Waals surface area contributed by atoms with Crippen molar-refractivity contribution in [2.24, 2.45) is 0 Å². The third-order valence-corrected chi connectivity index (χ3v) is 4.66. The van der Waals surface area contributed by atoms with Crippen LogP contribution in [0.4, 0.5) is 15.5 Å². The smallest absolute Gasteiger partial charge is 0.427 e. The highest BCUT2D eigenvalue weighted by Crippen LogP contribution is 2.30. The van der Waals surface area contributed by atoms with Crippen molar-refractivity contribution in [3.63, 3.8) is 0 Å². The average molecular weight is 581 g/mol. The van der Waals surface area contributed by atoms with Gasteiger partial charge in [0.15, 0.2) is 0 Å². The molecule has 0 saturated carbocycles. The summed E-state index contributed by atoms with van der Waals surface area (Å²) in [5.41, 5.74) is -1.55. The van der Waals surface area contributed by atoms with Gasteiger partial charge in [-0.05, 0) is 71.1 Å². The third-order valence-electron chi connectivity index (χ3n) is 3.57. The van der Waals surface area contributed by atoms with Crippen molar-refractivity contribution in [1.29, 1.82) is 0 Å². The second-order valence-electron chi connectivity index (χ2n) is 8.72. The number of imide groups is 1. The van der Waals surface area contributed by atoms with Crippen LogP contribution in [0.15, 0.2) is 6.20 Å². The molecule has 2 aromatic heterocycles. The molecule has 0 N–H and O–H groups in total. The largest absolute Gasteiger partial charge is 0.465 e. The fourth-order valence-electron chi connectivity index (χ4n) is 2.51. The fraction of sp³-hybridized carbons (Fsp3) is 0.550. The highest BCUT2D eigenvalue weighted by atomic mass is 127. The molecule has 12 heteroatoms. The molecule has 2 aromatic rings. The Hall–Kier alpha value is -2.15. The third kappa shape index (κ3) is 6.67. The van der Waals surface area contributed by atoms with Crippen LogP contribution in [0, 0.1) is 3.57 Å². The van der Waals surface area contributed by atoms with E-state index in [9.17, 15) is 14.4 Å². The number of hydrogen-bond donors (Lipinski definition) is 0. The number of aromatic nitrogens is 3. The van der Waals surface area contributed by atoms with E-state index in [1.165, 1.54) is 4.57 Å². The molecule has 0 bridgehead atoms. The number of carbonyl (C=O) groups excluding carboxylic acids is 3. The normalized spacial score (nSPS) is 11.9. The van der Waals surface area contributed by atoms with Crippen LogP contribution < -0.4 is 4.90 Å². The van der Waals surface area contributed by atoms with E-state index in [2.05, 4.69) is 9.97 Å². The lowest BCUT2D eigenvalue weighted by molar-refractivity contribution is -0.143. The van der Waals surface area contributed by atoms with Gasteiger partial charge >= 0.3 is 18.2 Å². The van der Waals surface area contributed by atoms with Gasteiger partial charge < -0.3 is 18.8 Å². The van der Waals surface area contributed by atoms with Gasteiger partial charge in [0.05, 0.1) is 12.0 Å². The fourth-order valence-corrected chi connectivity index (χ4v) is 3.76. The second-order valence-corrected chi connectivity index (χ2v) is 10.2. The first-order valence-corrected chi connectivity index (χ1v) is 11.2. The maximum absolute atomic E-state index is 12.9. The van der Waals surface area contributed by atoms with Gasteiger partial charge in [-0.3, -0.25) is 4.79 Å². The summed E-state index contributed by atoms with van der Waals surface area (Å²) < 4.78 is 17.9. The van der Waals surface area contributed by atoms with Crippen LogP contribution in [0.1, 0.15) is 48.5 Å². The summed E-state index contributed by atoms with van der Waals surface area (Å²) in [5.74, 6) is -0.821. The molecule has 32 heavy (non-hydrogen) atoms. The molecule has 0 aromatic carbocycles. The summed E-state index contributed by atoms with van der Waals surface area (Å²) >= 11 is 8.41. The average Bonchev–Trinajstić information content (AvgIpc) is 2.87. The van der Waals surface area contributed by atoms with Crippen LogP contribution in [0.3, 0.4) is 0 Å². The lowest BCUT2D eigenvalue weighted by Crippen LogP contribution is -2.44. The number of esters is 1. The number of nitrogens with zero attached hydrogens (tertiary/aromatic N) is 4. The van der Waals surface area contributed by atoms with Crippen LogP contribution in [-0.4, -0.2) is 50.5 Å². The molecule has 2 rings (SSSR count). The molecule has 0 spiro atoms. The van der Waals surface area contributed by atoms with Gasteiger partial charge in [-0.25, -0.2) is 9.59 Å². The Kier molecular flexibility index (Phi) is 7.97. The SMILES string of the molecule is CCOC(=O)Cn1cc(I)c2c(Cl)nc(N(C(=O)OC(C)(C)C)C(=O)OC(C)(C)C)nc21. The minimum Gasteiger partial charge on any atom is -0.465 e. The minimum atomic E-state index is -1.03. The Morgan fingerprint density at radius 1 is 1.06 bits per heavy atom. The molecular weight excluding hydrogens is 555 g/mol. The highest BCUT2D eigenvalue weighted by molar-refractivity contribution is 14.1. The van der Waals surface area contributed by atoms with E-state index in [0.29, 0.717) is 13.9 Å². The van der Waals surface area contributed by atoms with Crippen molar-refractivity contribution < 1.29 is 28.6 Å². The molecule has 0 fully saturated rings. The standard InChI is InChI=1S/C20H26ClIN4O6/c1-8-30-12(27)10-25-9-11(22)13-14(21)23-16(24-15(13)25)26(17(28)31-19(2,3)4)18(29)32-20(5,6)7/h9H,8,10H2,1-7H3. The monoisotopic (exact) mass is 580 g/mol. The summed E-state index contributed by atoms with van der Waals surface area (Å²) in [6.45, 7) is 11.7. The van der Waals surface area contributed by atoms with Crippen LogP contribution in [-0.2, 0) is 25.5 Å². The van der Waals surface area contributed by atoms with Crippen LogP contribution in [0.2, 0.25) is 5.15 Å². The van der Waals surface area contributed by atoms with Crippen LogP contribution in [0.5, 0.6) is 0 Å². The summed E-state index contributed by atoms with van der Waals surface area (Å²) in [7, 11) is 0. The van der Waals surface area contributed by atoms with E-state index in [1.807, 2.05) is 22.6 Å². The number of fused-ring (bicyclic) bond motifs is 1. The van der Waals surface area contributed by atoms with Crippen molar-refractivity contribution in [3.8, 4) is 0 Å². The quantitative estimate of drug-likeness (QED) is 0.217. The Morgan fingerprint density at radius 2 is 1.59 bits per heavy atom. The molecule has 0 radical (unpaired) electrons. The van der Waals surface area contributed by atoms with Crippen LogP contribution in [0.25, 0.3) is 11.0 Å². The topological polar surface area (TPSA) is 113 Å². The Morgan fingerprint density at radius 3 is 2.06 bits per heavy atom. The summed E-state index contributed by atoms with van der Waals surface area (Å²) in [4.78, 5) is 46.9. The van der Waals surface area contributed by atoms with Crippen molar-refractivity contribution in [1.82, 2.24) is 14.5 Å². The number of amides is 2. The predicted molar refractivity (Wildman–Crippen MR) is 127 cm³/mol. The zero-order chi connectivity index (χ0) is 24.4. The molecule has 0 unspecified atom stereocenters. The van der Waals surface area contributed by atoms with Gasteiger partial charge in [-0.2, -0.15) is 9.97 Å². The van der Waals surface area contributed by atoms with Crippen molar-refractivity contribution in [2.75, 3.05) is 11.5 Å². The van der Waals surface area contributed by atoms with Gasteiger partial charge in [0.1, 0.15) is 28.5 Å². The molecule has 2 amide bonds. The zero-order valence-electron chi connectivity index (χ0n) is 19.0. The second kappa shape index (κ2) is 9.77. The molecule has 0 saturated heterocycles. The zero-order valence-corrected chi connectivity index (χ0v) is 21.9. The number of carbonyl (C=O) groups is 3. The highest BCUT2D eigenvalue weighted by Gasteiger charge is 2.35. The number of hydrogen-bond acceptors (Lipinski definition) is 8. The summed E-state index contributed by atoms with van der Waals surface area (Å²) in [5, 5.41) is 0.461. The van der Waals surface area contributed by atoms with Crippen LogP contribution >= 0.6 is 34.2 Å². The first-order valence-electron chi connectivity index (χ1n) is 9.76. The number of halogens is 2. The molecule has 0 aliphatic rings. The van der Waals surface area contributed by atoms with E-state index >= 15 is 0 Å². The van der Waals surface area contributed by atoms with E-state index in [4.69, 9.17) is 25.8 Å². The maximum atomic E-state index is 12.9. The lowest BCUT2D eigenvalue weighted by atomic mass is 10.2. The maximum Gasteiger partial charge on any atom is 0.427 e. The number of ether oxygens (including phenoxy) is 3. The molecular formula is C20H26ClIN4O6. The van der Waals surface area contributed by atoms with E-state index in [0.717, 1.165) is 0 Å². The van der Waals surface area contributed by atoms with Crippen molar-refractivity contribution >= 4 is 69.3 Å². The summed E-state index contributed by atoms with van der Waals surface area (Å²) in [6.07, 6.45) is -0.404. The lowest BCUT2D eigenvalue weighted by Gasteiger charge is -2.27. The van der Waals surface area contributed by atoms with Gasteiger partial charge in [-0.15, -0.1) is 4.90 Å². The molecule has 2 heterocycles.